The van der Waals surface area contributed by atoms with Crippen molar-refractivity contribution in [2.45, 2.75) is 13.8 Å². The molecule has 0 atom stereocenters. The molecule has 0 bridgehead atoms. The molecule has 0 saturated carbocycles. The number of aromatic nitrogens is 2. The summed E-state index contributed by atoms with van der Waals surface area (Å²) >= 11 is 6.00. The van der Waals surface area contributed by atoms with Crippen molar-refractivity contribution in [2.24, 2.45) is 0 Å². The standard InChI is InChI=1S/C10H9ClN2O/c1-6-4-3-5-13-9(11)8(7(2)14)12-10(6)13/h3-5H,1-2H3. The second-order valence-electron chi connectivity index (χ2n) is 3.19. The first-order chi connectivity index (χ1) is 6.61. The molecular formula is C10H9ClN2O. The molecule has 0 aliphatic heterocycles. The van der Waals surface area contributed by atoms with Crippen LogP contribution in [0.4, 0.5) is 0 Å². The molecule has 2 aromatic rings. The van der Waals surface area contributed by atoms with Crippen molar-refractivity contribution in [1.29, 1.82) is 0 Å². The van der Waals surface area contributed by atoms with Crippen molar-refractivity contribution in [2.75, 3.05) is 0 Å². The van der Waals surface area contributed by atoms with Crippen LogP contribution in [0.5, 0.6) is 0 Å². The molecule has 0 spiro atoms. The van der Waals surface area contributed by atoms with E-state index in [2.05, 4.69) is 4.98 Å². The first-order valence-electron chi connectivity index (χ1n) is 4.25. The van der Waals surface area contributed by atoms with E-state index >= 15 is 0 Å². The minimum Gasteiger partial charge on any atom is -0.293 e. The molecule has 0 fully saturated rings. The molecule has 0 amide bonds. The lowest BCUT2D eigenvalue weighted by Crippen LogP contribution is -1.92. The van der Waals surface area contributed by atoms with E-state index in [1.165, 1.54) is 6.92 Å². The van der Waals surface area contributed by atoms with Gasteiger partial charge in [-0.15, -0.1) is 0 Å². The molecule has 2 rings (SSSR count). The molecule has 0 aromatic carbocycles. The minimum atomic E-state index is -0.113. The van der Waals surface area contributed by atoms with Crippen LogP contribution in [0.25, 0.3) is 5.65 Å². The van der Waals surface area contributed by atoms with Crippen molar-refractivity contribution in [3.63, 3.8) is 0 Å². The van der Waals surface area contributed by atoms with Crippen LogP contribution >= 0.6 is 11.6 Å². The number of carbonyl (C=O) groups excluding carboxylic acids is 1. The van der Waals surface area contributed by atoms with Crippen LogP contribution < -0.4 is 0 Å². The molecule has 0 aliphatic rings. The summed E-state index contributed by atoms with van der Waals surface area (Å²) in [6.45, 7) is 3.39. The Bertz CT molecular complexity index is 516. The van der Waals surface area contributed by atoms with Crippen LogP contribution in [0, 0.1) is 6.92 Å². The summed E-state index contributed by atoms with van der Waals surface area (Å²) in [7, 11) is 0. The van der Waals surface area contributed by atoms with Gasteiger partial charge in [0.25, 0.3) is 0 Å². The monoisotopic (exact) mass is 208 g/mol. The third-order valence-electron chi connectivity index (χ3n) is 2.12. The van der Waals surface area contributed by atoms with E-state index in [9.17, 15) is 4.79 Å². The summed E-state index contributed by atoms with van der Waals surface area (Å²) in [5.74, 6) is -0.113. The number of hydrogen-bond donors (Lipinski definition) is 0. The maximum Gasteiger partial charge on any atom is 0.181 e. The lowest BCUT2D eigenvalue weighted by atomic mass is 10.3. The van der Waals surface area contributed by atoms with Gasteiger partial charge < -0.3 is 0 Å². The third-order valence-corrected chi connectivity index (χ3v) is 2.48. The SMILES string of the molecule is CC(=O)c1nc2c(C)cccn2c1Cl. The van der Waals surface area contributed by atoms with Crippen molar-refractivity contribution in [3.8, 4) is 0 Å². The Kier molecular flexibility index (Phi) is 2.04. The van der Waals surface area contributed by atoms with Crippen molar-refractivity contribution < 1.29 is 4.79 Å². The van der Waals surface area contributed by atoms with E-state index in [0.717, 1.165) is 11.2 Å². The Morgan fingerprint density at radius 1 is 1.57 bits per heavy atom. The topological polar surface area (TPSA) is 34.4 Å². The van der Waals surface area contributed by atoms with Crippen LogP contribution in [0.1, 0.15) is 23.0 Å². The number of hydrogen-bond acceptors (Lipinski definition) is 2. The number of imidazole rings is 1. The highest BCUT2D eigenvalue weighted by Crippen LogP contribution is 2.20. The molecular weight excluding hydrogens is 200 g/mol. The molecule has 4 heteroatoms. The fourth-order valence-electron chi connectivity index (χ4n) is 1.40. The number of ketones is 1. The van der Waals surface area contributed by atoms with Crippen LogP contribution in [0.2, 0.25) is 5.15 Å². The predicted molar refractivity (Wildman–Crippen MR) is 54.9 cm³/mol. The van der Waals surface area contributed by atoms with Crippen molar-refractivity contribution in [1.82, 2.24) is 9.38 Å². The van der Waals surface area contributed by atoms with Crippen molar-refractivity contribution >= 4 is 23.0 Å². The lowest BCUT2D eigenvalue weighted by molar-refractivity contribution is 0.101. The summed E-state index contributed by atoms with van der Waals surface area (Å²) in [6, 6.07) is 3.81. The molecule has 14 heavy (non-hydrogen) atoms. The van der Waals surface area contributed by atoms with Crippen molar-refractivity contribution in [3.05, 3.63) is 34.7 Å². The summed E-state index contributed by atoms with van der Waals surface area (Å²) in [5.41, 5.74) is 2.07. The Morgan fingerprint density at radius 3 is 2.86 bits per heavy atom. The zero-order valence-electron chi connectivity index (χ0n) is 7.91. The molecule has 0 N–H and O–H groups in total. The van der Waals surface area contributed by atoms with Crippen LogP contribution in [0.3, 0.4) is 0 Å². The van der Waals surface area contributed by atoms with E-state index in [4.69, 9.17) is 11.6 Å². The number of nitrogens with zero attached hydrogens (tertiary/aromatic N) is 2. The average molecular weight is 209 g/mol. The number of rotatable bonds is 1. The number of pyridine rings is 1. The maximum atomic E-state index is 11.2. The van der Waals surface area contributed by atoms with E-state index in [1.54, 1.807) is 10.6 Å². The summed E-state index contributed by atoms with van der Waals surface area (Å²) in [4.78, 5) is 15.4. The zero-order chi connectivity index (χ0) is 10.3. The molecule has 2 heterocycles. The van der Waals surface area contributed by atoms with E-state index in [1.807, 2.05) is 19.1 Å². The smallest absolute Gasteiger partial charge is 0.181 e. The fourth-order valence-corrected chi connectivity index (χ4v) is 1.71. The Labute approximate surface area is 86.3 Å². The second-order valence-corrected chi connectivity index (χ2v) is 3.55. The number of carbonyl (C=O) groups is 1. The Balaban J connectivity index is 2.86. The quantitative estimate of drug-likeness (QED) is 0.675. The first-order valence-corrected chi connectivity index (χ1v) is 4.63. The summed E-state index contributed by atoms with van der Waals surface area (Å²) < 4.78 is 1.72. The molecule has 0 aliphatic carbocycles. The van der Waals surface area contributed by atoms with Gasteiger partial charge in [0.2, 0.25) is 0 Å². The van der Waals surface area contributed by atoms with Gasteiger partial charge in [0, 0.05) is 13.1 Å². The van der Waals surface area contributed by atoms with E-state index < -0.39 is 0 Å². The second kappa shape index (κ2) is 3.10. The van der Waals surface area contributed by atoms with Gasteiger partial charge in [0.05, 0.1) is 0 Å². The normalized spacial score (nSPS) is 10.8. The predicted octanol–water partition coefficient (Wildman–Crippen LogP) is 2.50. The number of halogens is 1. The zero-order valence-corrected chi connectivity index (χ0v) is 8.67. The minimum absolute atomic E-state index is 0.113. The summed E-state index contributed by atoms with van der Waals surface area (Å²) in [6.07, 6.45) is 1.80. The third kappa shape index (κ3) is 1.21. The van der Waals surface area contributed by atoms with Gasteiger partial charge in [-0.25, -0.2) is 4.98 Å². The van der Waals surface area contributed by atoms with Gasteiger partial charge in [0.1, 0.15) is 16.5 Å². The van der Waals surface area contributed by atoms with Gasteiger partial charge in [-0.3, -0.25) is 9.20 Å². The Hall–Kier alpha value is -1.35. The van der Waals surface area contributed by atoms with Gasteiger partial charge in [-0.1, -0.05) is 17.7 Å². The lowest BCUT2D eigenvalue weighted by Gasteiger charge is -1.96. The van der Waals surface area contributed by atoms with Gasteiger partial charge >= 0.3 is 0 Å². The Morgan fingerprint density at radius 2 is 2.29 bits per heavy atom. The molecule has 3 nitrogen and oxygen atoms in total. The first kappa shape index (κ1) is 9.21. The van der Waals surface area contributed by atoms with E-state index in [-0.39, 0.29) is 5.78 Å². The highest BCUT2D eigenvalue weighted by atomic mass is 35.5. The largest absolute Gasteiger partial charge is 0.293 e. The van der Waals surface area contributed by atoms with Crippen LogP contribution in [-0.4, -0.2) is 15.2 Å². The maximum absolute atomic E-state index is 11.2. The van der Waals surface area contributed by atoms with Gasteiger partial charge in [0.15, 0.2) is 5.78 Å². The van der Waals surface area contributed by atoms with E-state index in [0.29, 0.717) is 10.8 Å². The molecule has 72 valence electrons. The number of Topliss-reactive ketones (excluding diaryl/α,β-unsaturated/α-hetero) is 1. The summed E-state index contributed by atoms with van der Waals surface area (Å²) in [5, 5.41) is 0.385. The number of fused-ring (bicyclic) bond motifs is 1. The van der Waals surface area contributed by atoms with Crippen LogP contribution in [0.15, 0.2) is 18.3 Å². The molecule has 2 aromatic heterocycles. The highest BCUT2D eigenvalue weighted by Gasteiger charge is 2.14. The molecule has 0 unspecified atom stereocenters. The highest BCUT2D eigenvalue weighted by molar-refractivity contribution is 6.33. The van der Waals surface area contributed by atoms with Gasteiger partial charge in [-0.2, -0.15) is 0 Å². The number of aryl methyl sites for hydroxylation is 1. The fraction of sp³-hybridized carbons (Fsp3) is 0.200. The molecule has 0 saturated heterocycles. The van der Waals surface area contributed by atoms with Gasteiger partial charge in [-0.05, 0) is 18.6 Å². The van der Waals surface area contributed by atoms with Crippen LogP contribution in [-0.2, 0) is 0 Å². The molecule has 0 radical (unpaired) electrons. The average Bonchev–Trinajstić information content (AvgIpc) is 2.46.